The molecule has 0 unspecified atom stereocenters. The van der Waals surface area contributed by atoms with Gasteiger partial charge in [-0.3, -0.25) is 4.68 Å². The van der Waals surface area contributed by atoms with Gasteiger partial charge >= 0.3 is 0 Å². The van der Waals surface area contributed by atoms with E-state index in [1.807, 2.05) is 11.7 Å². The van der Waals surface area contributed by atoms with Crippen LogP contribution in [0.3, 0.4) is 0 Å². The van der Waals surface area contributed by atoms with E-state index in [9.17, 15) is 0 Å². The lowest BCUT2D eigenvalue weighted by Gasteiger charge is -2.04. The molecule has 6 heteroatoms. The van der Waals surface area contributed by atoms with Crippen molar-refractivity contribution in [2.75, 3.05) is 0 Å². The molecule has 2 heterocycles. The zero-order valence-corrected chi connectivity index (χ0v) is 13.5. The van der Waals surface area contributed by atoms with Crippen LogP contribution in [-0.4, -0.2) is 9.78 Å². The van der Waals surface area contributed by atoms with E-state index in [1.165, 1.54) is 4.88 Å². The maximum atomic E-state index is 6.29. The Bertz CT molecular complexity index is 535. The van der Waals surface area contributed by atoms with Crippen LogP contribution in [0.5, 0.6) is 0 Å². The number of aryl methyl sites for hydroxylation is 2. The number of aromatic nitrogens is 2. The first-order valence-corrected chi connectivity index (χ1v) is 7.80. The van der Waals surface area contributed by atoms with Crippen molar-refractivity contribution in [1.29, 1.82) is 0 Å². The topological polar surface area (TPSA) is 29.9 Å². The Labute approximate surface area is 124 Å². The van der Waals surface area contributed by atoms with Crippen molar-refractivity contribution in [1.82, 2.24) is 15.1 Å². The number of nitrogens with one attached hydrogen (secondary N) is 1. The van der Waals surface area contributed by atoms with Crippen molar-refractivity contribution in [2.24, 2.45) is 7.05 Å². The fourth-order valence-electron chi connectivity index (χ4n) is 1.76. The summed E-state index contributed by atoms with van der Waals surface area (Å²) in [5, 5.41) is 10.7. The molecular formula is C12H15BrClN3S. The Morgan fingerprint density at radius 3 is 2.83 bits per heavy atom. The Morgan fingerprint density at radius 1 is 1.50 bits per heavy atom. The molecule has 0 aliphatic rings. The molecule has 0 saturated heterocycles. The molecule has 0 saturated carbocycles. The van der Waals surface area contributed by atoms with Crippen LogP contribution < -0.4 is 5.32 Å². The minimum atomic E-state index is 0.734. The summed E-state index contributed by atoms with van der Waals surface area (Å²) in [5.74, 6) is 0. The van der Waals surface area contributed by atoms with Crippen LogP contribution in [0, 0.1) is 0 Å². The van der Waals surface area contributed by atoms with Gasteiger partial charge in [-0.1, -0.05) is 18.5 Å². The minimum Gasteiger partial charge on any atom is -0.306 e. The SMILES string of the molecule is CCc1nn(C)c(CNCc2cc(Br)cs2)c1Cl. The average Bonchev–Trinajstić information content (AvgIpc) is 2.86. The van der Waals surface area contributed by atoms with Gasteiger partial charge < -0.3 is 5.32 Å². The smallest absolute Gasteiger partial charge is 0.0863 e. The largest absolute Gasteiger partial charge is 0.306 e. The maximum absolute atomic E-state index is 6.29. The third kappa shape index (κ3) is 3.15. The molecule has 0 amide bonds. The standard InChI is InChI=1S/C12H15BrClN3S/c1-3-10-12(14)11(17(2)16-10)6-15-5-9-4-8(13)7-18-9/h4,7,15H,3,5-6H2,1-2H3. The first kappa shape index (κ1) is 14.1. The van der Waals surface area contributed by atoms with Gasteiger partial charge in [0.25, 0.3) is 0 Å². The number of halogens is 2. The van der Waals surface area contributed by atoms with Crippen molar-refractivity contribution < 1.29 is 0 Å². The molecule has 0 radical (unpaired) electrons. The molecule has 0 aliphatic carbocycles. The van der Waals surface area contributed by atoms with E-state index in [2.05, 4.69) is 44.7 Å². The van der Waals surface area contributed by atoms with E-state index in [0.717, 1.165) is 40.4 Å². The number of hydrogen-bond acceptors (Lipinski definition) is 3. The zero-order valence-electron chi connectivity index (χ0n) is 10.3. The third-order valence-electron chi connectivity index (χ3n) is 2.72. The second-order valence-corrected chi connectivity index (χ2v) is 6.31. The van der Waals surface area contributed by atoms with Crippen LogP contribution >= 0.6 is 38.9 Å². The molecule has 0 fully saturated rings. The first-order chi connectivity index (χ1) is 8.61. The fourth-order valence-corrected chi connectivity index (χ4v) is 3.54. The van der Waals surface area contributed by atoms with Gasteiger partial charge in [0.2, 0.25) is 0 Å². The maximum Gasteiger partial charge on any atom is 0.0863 e. The third-order valence-corrected chi connectivity index (χ3v) is 4.85. The van der Waals surface area contributed by atoms with Gasteiger partial charge in [-0.2, -0.15) is 5.10 Å². The highest BCUT2D eigenvalue weighted by Gasteiger charge is 2.12. The zero-order chi connectivity index (χ0) is 13.1. The summed E-state index contributed by atoms with van der Waals surface area (Å²) >= 11 is 11.5. The van der Waals surface area contributed by atoms with Gasteiger partial charge in [-0.25, -0.2) is 0 Å². The number of thiophene rings is 1. The van der Waals surface area contributed by atoms with Gasteiger partial charge in [0, 0.05) is 34.9 Å². The molecule has 2 rings (SSSR count). The van der Waals surface area contributed by atoms with Crippen LogP contribution in [0.2, 0.25) is 5.02 Å². The molecule has 0 atom stereocenters. The van der Waals surface area contributed by atoms with Crippen LogP contribution in [0.4, 0.5) is 0 Å². The lowest BCUT2D eigenvalue weighted by molar-refractivity contribution is 0.627. The molecule has 0 spiro atoms. The van der Waals surface area contributed by atoms with Crippen molar-refractivity contribution in [3.8, 4) is 0 Å². The van der Waals surface area contributed by atoms with Gasteiger partial charge in [0.15, 0.2) is 0 Å². The highest BCUT2D eigenvalue weighted by molar-refractivity contribution is 9.10. The molecule has 18 heavy (non-hydrogen) atoms. The summed E-state index contributed by atoms with van der Waals surface area (Å²) in [6.45, 7) is 3.64. The van der Waals surface area contributed by atoms with Crippen molar-refractivity contribution in [2.45, 2.75) is 26.4 Å². The lowest BCUT2D eigenvalue weighted by atomic mass is 10.3. The summed E-state index contributed by atoms with van der Waals surface area (Å²) in [5.41, 5.74) is 2.01. The summed E-state index contributed by atoms with van der Waals surface area (Å²) in [6, 6.07) is 2.12. The number of hydrogen-bond donors (Lipinski definition) is 1. The van der Waals surface area contributed by atoms with Gasteiger partial charge in [-0.05, 0) is 28.4 Å². The van der Waals surface area contributed by atoms with Gasteiger partial charge in [0.05, 0.1) is 16.4 Å². The molecule has 2 aromatic heterocycles. The molecule has 3 nitrogen and oxygen atoms in total. The second-order valence-electron chi connectivity index (χ2n) is 4.02. The highest BCUT2D eigenvalue weighted by atomic mass is 79.9. The second kappa shape index (κ2) is 6.19. The molecule has 0 aromatic carbocycles. The van der Waals surface area contributed by atoms with E-state index in [1.54, 1.807) is 11.3 Å². The van der Waals surface area contributed by atoms with E-state index >= 15 is 0 Å². The number of nitrogens with zero attached hydrogens (tertiary/aromatic N) is 2. The summed E-state index contributed by atoms with van der Waals surface area (Å²) in [6.07, 6.45) is 0.866. The Morgan fingerprint density at radius 2 is 2.28 bits per heavy atom. The summed E-state index contributed by atoms with van der Waals surface area (Å²) in [7, 11) is 1.93. The van der Waals surface area contributed by atoms with E-state index in [-0.39, 0.29) is 0 Å². The van der Waals surface area contributed by atoms with E-state index in [4.69, 9.17) is 11.6 Å². The Kier molecular flexibility index (Phi) is 4.84. The number of rotatable bonds is 5. The molecule has 98 valence electrons. The summed E-state index contributed by atoms with van der Waals surface area (Å²) in [4.78, 5) is 1.30. The van der Waals surface area contributed by atoms with Crippen LogP contribution in [-0.2, 0) is 26.6 Å². The summed E-state index contributed by atoms with van der Waals surface area (Å²) < 4.78 is 2.99. The van der Waals surface area contributed by atoms with Crippen molar-refractivity contribution in [3.05, 3.63) is 37.2 Å². The monoisotopic (exact) mass is 347 g/mol. The van der Waals surface area contributed by atoms with Crippen LogP contribution in [0.25, 0.3) is 0 Å². The Hall–Kier alpha value is -0.360. The van der Waals surface area contributed by atoms with E-state index in [0.29, 0.717) is 0 Å². The lowest BCUT2D eigenvalue weighted by Crippen LogP contribution is -2.14. The molecule has 2 aromatic rings. The van der Waals surface area contributed by atoms with Crippen molar-refractivity contribution >= 4 is 38.9 Å². The normalized spacial score (nSPS) is 11.1. The predicted octanol–water partition coefficient (Wildman–Crippen LogP) is 3.75. The first-order valence-electron chi connectivity index (χ1n) is 5.75. The quantitative estimate of drug-likeness (QED) is 0.892. The molecule has 0 aliphatic heterocycles. The molecule has 1 N–H and O–H groups in total. The Balaban J connectivity index is 1.96. The van der Waals surface area contributed by atoms with E-state index < -0.39 is 0 Å². The van der Waals surface area contributed by atoms with Gasteiger partial charge in [0.1, 0.15) is 0 Å². The van der Waals surface area contributed by atoms with Crippen LogP contribution in [0.1, 0.15) is 23.2 Å². The predicted molar refractivity (Wildman–Crippen MR) is 80.2 cm³/mol. The minimum absolute atomic E-state index is 0.734. The van der Waals surface area contributed by atoms with Crippen LogP contribution in [0.15, 0.2) is 15.9 Å². The fraction of sp³-hybridized carbons (Fsp3) is 0.417. The highest BCUT2D eigenvalue weighted by Crippen LogP contribution is 2.22. The van der Waals surface area contributed by atoms with Crippen molar-refractivity contribution in [3.63, 3.8) is 0 Å². The average molecular weight is 349 g/mol. The molecule has 0 bridgehead atoms. The molecular weight excluding hydrogens is 334 g/mol. The van der Waals surface area contributed by atoms with Gasteiger partial charge in [-0.15, -0.1) is 11.3 Å².